The number of thiol groups is 1. The molecule has 0 aromatic heterocycles. The fourth-order valence-electron chi connectivity index (χ4n) is 4.04. The molecule has 0 bridgehead atoms. The van der Waals surface area contributed by atoms with Crippen LogP contribution in [0.5, 0.6) is 5.75 Å². The number of methoxy groups -OCH3 is 1. The number of amides is 1. The fourth-order valence-corrected chi connectivity index (χ4v) is 5.58. The second kappa shape index (κ2) is 14.1. The Labute approximate surface area is 234 Å². The zero-order chi connectivity index (χ0) is 27.7. The maximum absolute atomic E-state index is 11.3. The summed E-state index contributed by atoms with van der Waals surface area (Å²) >= 11 is 5.94. The topological polar surface area (TPSA) is 143 Å². The highest BCUT2D eigenvalue weighted by Gasteiger charge is 2.32. The largest absolute Gasteiger partial charge is 0.497 e. The number of rotatable bonds is 9. The van der Waals surface area contributed by atoms with Crippen LogP contribution < -0.4 is 32.2 Å². The lowest BCUT2D eigenvalue weighted by Crippen LogP contribution is -2.43. The Morgan fingerprint density at radius 3 is 2.63 bits per heavy atom. The van der Waals surface area contributed by atoms with Crippen LogP contribution in [0.25, 0.3) is 0 Å². The molecule has 3 aromatic carbocycles. The van der Waals surface area contributed by atoms with Crippen LogP contribution in [0.3, 0.4) is 0 Å². The van der Waals surface area contributed by atoms with Gasteiger partial charge in [0.05, 0.1) is 18.2 Å². The van der Waals surface area contributed by atoms with Gasteiger partial charge in [-0.15, -0.1) is 12.6 Å². The second-order valence-corrected chi connectivity index (χ2v) is 10.6. The third-order valence-electron chi connectivity index (χ3n) is 5.99. The van der Waals surface area contributed by atoms with Crippen LogP contribution in [0.15, 0.2) is 76.5 Å². The summed E-state index contributed by atoms with van der Waals surface area (Å²) in [5, 5.41) is 10.5. The molecule has 4 rings (SSSR count). The Bertz CT molecular complexity index is 1260. The Morgan fingerprint density at radius 1 is 1.18 bits per heavy atom. The third-order valence-corrected chi connectivity index (χ3v) is 7.76. The molecule has 8 N–H and O–H groups in total. The number of ether oxygens (including phenoxy) is 1. The zero-order valence-electron chi connectivity index (χ0n) is 21.7. The minimum atomic E-state index is -0.0411. The minimum absolute atomic E-state index is 0.00520. The Balaban J connectivity index is 0.000000244. The van der Waals surface area contributed by atoms with Crippen molar-refractivity contribution in [1.82, 2.24) is 0 Å². The zero-order valence-corrected chi connectivity index (χ0v) is 23.4. The monoisotopic (exact) mass is 552 g/mol. The van der Waals surface area contributed by atoms with Gasteiger partial charge in [0.1, 0.15) is 11.6 Å². The number of nitrogens with zero attached hydrogens (tertiary/aromatic N) is 1. The lowest BCUT2D eigenvalue weighted by Gasteiger charge is -2.27. The van der Waals surface area contributed by atoms with Crippen molar-refractivity contribution in [2.24, 2.45) is 17.2 Å². The van der Waals surface area contributed by atoms with E-state index in [9.17, 15) is 4.79 Å². The van der Waals surface area contributed by atoms with Crippen LogP contribution in [0, 0.1) is 5.41 Å². The van der Waals surface area contributed by atoms with Gasteiger partial charge in [0.25, 0.3) is 0 Å². The van der Waals surface area contributed by atoms with E-state index in [1.807, 2.05) is 54.6 Å². The summed E-state index contributed by atoms with van der Waals surface area (Å²) in [6, 6.07) is 21.1. The minimum Gasteiger partial charge on any atom is -0.497 e. The van der Waals surface area contributed by atoms with E-state index in [1.165, 1.54) is 10.6 Å². The molecule has 2 atom stereocenters. The van der Waals surface area contributed by atoms with Crippen LogP contribution in [0.1, 0.15) is 24.0 Å². The van der Waals surface area contributed by atoms with E-state index in [2.05, 4.69) is 42.0 Å². The van der Waals surface area contributed by atoms with E-state index in [4.69, 9.17) is 27.3 Å². The molecule has 38 heavy (non-hydrogen) atoms. The van der Waals surface area contributed by atoms with E-state index >= 15 is 0 Å². The highest BCUT2D eigenvalue weighted by Crippen LogP contribution is 2.45. The Kier molecular flexibility index (Phi) is 10.9. The average Bonchev–Trinajstić information content (AvgIpc) is 3.23. The third kappa shape index (κ3) is 8.16. The van der Waals surface area contributed by atoms with Gasteiger partial charge in [0.15, 0.2) is 0 Å². The average molecular weight is 553 g/mol. The molecule has 0 aliphatic carbocycles. The van der Waals surface area contributed by atoms with Gasteiger partial charge in [-0.3, -0.25) is 10.2 Å². The normalized spacial score (nSPS) is 14.7. The number of benzene rings is 3. The molecule has 3 aromatic rings. The summed E-state index contributed by atoms with van der Waals surface area (Å²) in [4.78, 5) is 15.5. The van der Waals surface area contributed by atoms with Crippen molar-refractivity contribution in [2.45, 2.75) is 40.5 Å². The first kappa shape index (κ1) is 29.4. The van der Waals surface area contributed by atoms with Crippen molar-refractivity contribution in [2.75, 3.05) is 30.9 Å². The number of fused-ring (bicyclic) bond motifs is 1. The quantitative estimate of drug-likeness (QED) is 0.133. The van der Waals surface area contributed by atoms with Gasteiger partial charge in [0, 0.05) is 40.6 Å². The Hall–Kier alpha value is -3.18. The van der Waals surface area contributed by atoms with Gasteiger partial charge >= 0.3 is 0 Å². The van der Waals surface area contributed by atoms with Gasteiger partial charge in [-0.25, -0.2) is 0 Å². The molecule has 10 heteroatoms. The van der Waals surface area contributed by atoms with Gasteiger partial charge in [-0.1, -0.05) is 36.0 Å². The molecule has 1 aliphatic heterocycles. The standard InChI is InChI=1S/C18H22N4OS.C10H14N2OS/c1-22-15-7-6-13(23-2)10-16(15)24-18(22)14(19)9-11-4-3-5-12(8-11)17(20)21;11-6-2-5-10(13)12-8-3-1-4-9(14)7-8/h3-8,10,14,18H,9,19H2,1-2H3,(H3,20,21);1,3-4,7,14H,2,5-6,11H2,(H,12,13). The molecule has 202 valence electrons. The van der Waals surface area contributed by atoms with Crippen molar-refractivity contribution >= 4 is 47.5 Å². The van der Waals surface area contributed by atoms with E-state index in [0.29, 0.717) is 19.4 Å². The molecular formula is C28H36N6O2S2. The maximum Gasteiger partial charge on any atom is 0.224 e. The molecule has 0 saturated heterocycles. The number of nitrogens with one attached hydrogen (secondary N) is 2. The molecule has 0 radical (unpaired) electrons. The number of hydrogen-bond donors (Lipinski definition) is 6. The van der Waals surface area contributed by atoms with E-state index in [-0.39, 0.29) is 23.2 Å². The van der Waals surface area contributed by atoms with Crippen LogP contribution in [0.2, 0.25) is 0 Å². The summed E-state index contributed by atoms with van der Waals surface area (Å²) in [7, 11) is 3.75. The lowest BCUT2D eigenvalue weighted by molar-refractivity contribution is -0.116. The number of carbonyl (C=O) groups excluding carboxylic acids is 1. The highest BCUT2D eigenvalue weighted by atomic mass is 32.2. The van der Waals surface area contributed by atoms with E-state index in [1.54, 1.807) is 18.9 Å². The summed E-state index contributed by atoms with van der Waals surface area (Å²) in [5.41, 5.74) is 21.2. The van der Waals surface area contributed by atoms with E-state index in [0.717, 1.165) is 33.9 Å². The highest BCUT2D eigenvalue weighted by molar-refractivity contribution is 8.00. The number of thioether (sulfide) groups is 1. The number of nitrogens with two attached hydrogens (primary N) is 3. The van der Waals surface area contributed by atoms with Crippen LogP contribution in [0.4, 0.5) is 11.4 Å². The predicted octanol–water partition coefficient (Wildman–Crippen LogP) is 4.07. The van der Waals surface area contributed by atoms with Crippen molar-refractivity contribution < 1.29 is 9.53 Å². The molecule has 1 aliphatic rings. The fraction of sp³-hybridized carbons (Fsp3) is 0.286. The van der Waals surface area contributed by atoms with Crippen molar-refractivity contribution in [3.8, 4) is 5.75 Å². The summed E-state index contributed by atoms with van der Waals surface area (Å²) < 4.78 is 5.31. The summed E-state index contributed by atoms with van der Waals surface area (Å²) in [6.45, 7) is 0.542. The molecule has 8 nitrogen and oxygen atoms in total. The number of anilines is 2. The van der Waals surface area contributed by atoms with Crippen molar-refractivity contribution in [1.29, 1.82) is 5.41 Å². The van der Waals surface area contributed by atoms with Crippen molar-refractivity contribution in [3.63, 3.8) is 0 Å². The number of carbonyl (C=O) groups is 1. The van der Waals surface area contributed by atoms with Gasteiger partial charge < -0.3 is 32.2 Å². The molecule has 0 saturated carbocycles. The van der Waals surface area contributed by atoms with Crippen molar-refractivity contribution in [3.05, 3.63) is 77.9 Å². The summed E-state index contributed by atoms with van der Waals surface area (Å²) in [5.74, 6) is 0.935. The first-order valence-corrected chi connectivity index (χ1v) is 13.6. The number of likely N-dealkylation sites (N-methyl/N-ethyl adjacent to an activating group) is 1. The van der Waals surface area contributed by atoms with Crippen LogP contribution in [-0.4, -0.2) is 43.9 Å². The van der Waals surface area contributed by atoms with Gasteiger partial charge in [-0.2, -0.15) is 0 Å². The molecule has 0 spiro atoms. The predicted molar refractivity (Wildman–Crippen MR) is 161 cm³/mol. The van der Waals surface area contributed by atoms with Crippen LogP contribution in [-0.2, 0) is 11.2 Å². The second-order valence-electron chi connectivity index (χ2n) is 8.93. The number of hydrogen-bond acceptors (Lipinski definition) is 8. The smallest absolute Gasteiger partial charge is 0.224 e. The molecular weight excluding hydrogens is 516 g/mol. The lowest BCUT2D eigenvalue weighted by atomic mass is 10.0. The maximum atomic E-state index is 11.3. The molecule has 0 fully saturated rings. The van der Waals surface area contributed by atoms with E-state index < -0.39 is 0 Å². The van der Waals surface area contributed by atoms with Gasteiger partial charge in [-0.05, 0) is 67.4 Å². The first-order chi connectivity index (χ1) is 18.2. The number of nitrogen functional groups attached to an aromatic ring is 1. The molecule has 1 amide bonds. The van der Waals surface area contributed by atoms with Gasteiger partial charge in [0.2, 0.25) is 5.91 Å². The summed E-state index contributed by atoms with van der Waals surface area (Å²) in [6.07, 6.45) is 1.91. The Morgan fingerprint density at radius 2 is 1.95 bits per heavy atom. The molecule has 2 unspecified atom stereocenters. The van der Waals surface area contributed by atoms with Crippen LogP contribution >= 0.6 is 24.4 Å². The first-order valence-electron chi connectivity index (χ1n) is 12.3. The SMILES string of the molecule is COc1ccc2c(c1)SC(C(N)Cc1cccc(C(=N)N)c1)N2C.NCCCC(=O)Nc1cccc(S)c1. The number of amidine groups is 1. The molecule has 1 heterocycles.